The fourth-order valence-corrected chi connectivity index (χ4v) is 2.65. The van der Waals surface area contributed by atoms with Gasteiger partial charge in [0.05, 0.1) is 5.69 Å². The third-order valence-corrected chi connectivity index (χ3v) is 4.02. The third-order valence-electron chi connectivity index (χ3n) is 4.02. The molecule has 0 bridgehead atoms. The number of fused-ring (bicyclic) bond motifs is 1. The van der Waals surface area contributed by atoms with Crippen molar-refractivity contribution in [2.24, 2.45) is 0 Å². The Balaban J connectivity index is 2.14. The maximum absolute atomic E-state index is 4.65. The Morgan fingerprint density at radius 1 is 0.952 bits per heavy atom. The number of hydrogen-bond donors (Lipinski definition) is 0. The van der Waals surface area contributed by atoms with Crippen molar-refractivity contribution in [3.63, 3.8) is 0 Å². The van der Waals surface area contributed by atoms with Crippen molar-refractivity contribution in [2.75, 3.05) is 0 Å². The second-order valence-electron chi connectivity index (χ2n) is 5.89. The maximum Gasteiger partial charge on any atom is 0.0708 e. The van der Waals surface area contributed by atoms with Crippen LogP contribution in [0.3, 0.4) is 0 Å². The van der Waals surface area contributed by atoms with Crippen molar-refractivity contribution in [3.8, 4) is 11.3 Å². The SMILES string of the molecule is CCc1cc(-c2cc3ccccc3cn2)cc(C(C)C)c1. The summed E-state index contributed by atoms with van der Waals surface area (Å²) < 4.78 is 0. The first-order chi connectivity index (χ1) is 10.2. The van der Waals surface area contributed by atoms with Gasteiger partial charge in [-0.05, 0) is 47.1 Å². The molecule has 0 fully saturated rings. The summed E-state index contributed by atoms with van der Waals surface area (Å²) in [5, 5.41) is 2.44. The molecule has 21 heavy (non-hydrogen) atoms. The quantitative estimate of drug-likeness (QED) is 0.607. The van der Waals surface area contributed by atoms with Crippen LogP contribution in [0.1, 0.15) is 37.8 Å². The highest BCUT2D eigenvalue weighted by molar-refractivity contribution is 5.85. The van der Waals surface area contributed by atoms with E-state index in [9.17, 15) is 0 Å². The van der Waals surface area contributed by atoms with E-state index >= 15 is 0 Å². The largest absolute Gasteiger partial charge is 0.256 e. The number of hydrogen-bond acceptors (Lipinski definition) is 1. The van der Waals surface area contributed by atoms with Gasteiger partial charge in [0, 0.05) is 17.1 Å². The molecule has 0 N–H and O–H groups in total. The lowest BCUT2D eigenvalue weighted by molar-refractivity contribution is 0.863. The summed E-state index contributed by atoms with van der Waals surface area (Å²) in [4.78, 5) is 4.65. The first kappa shape index (κ1) is 13.8. The van der Waals surface area contributed by atoms with E-state index in [0.717, 1.165) is 12.1 Å². The molecule has 1 heterocycles. The molecule has 0 radical (unpaired) electrons. The first-order valence-electron chi connectivity index (χ1n) is 7.66. The summed E-state index contributed by atoms with van der Waals surface area (Å²) in [6.45, 7) is 6.69. The van der Waals surface area contributed by atoms with Gasteiger partial charge in [-0.1, -0.05) is 51.1 Å². The first-order valence-corrected chi connectivity index (χ1v) is 7.66. The van der Waals surface area contributed by atoms with Crippen LogP contribution in [0.4, 0.5) is 0 Å². The fraction of sp³-hybridized carbons (Fsp3) is 0.250. The van der Waals surface area contributed by atoms with Crippen molar-refractivity contribution in [1.82, 2.24) is 4.98 Å². The molecule has 0 unspecified atom stereocenters. The smallest absolute Gasteiger partial charge is 0.0708 e. The zero-order valence-electron chi connectivity index (χ0n) is 12.9. The third kappa shape index (κ3) is 2.82. The number of aromatic nitrogens is 1. The number of rotatable bonds is 3. The number of aryl methyl sites for hydroxylation is 1. The minimum Gasteiger partial charge on any atom is -0.256 e. The van der Waals surface area contributed by atoms with Crippen molar-refractivity contribution >= 4 is 10.8 Å². The number of pyridine rings is 1. The molecule has 2 aromatic carbocycles. The van der Waals surface area contributed by atoms with Crippen LogP contribution in [0.15, 0.2) is 54.7 Å². The van der Waals surface area contributed by atoms with Gasteiger partial charge in [-0.3, -0.25) is 4.98 Å². The van der Waals surface area contributed by atoms with Crippen LogP contribution in [0, 0.1) is 0 Å². The molecule has 0 saturated carbocycles. The second-order valence-corrected chi connectivity index (χ2v) is 5.89. The lowest BCUT2D eigenvalue weighted by Crippen LogP contribution is -1.93. The topological polar surface area (TPSA) is 12.9 Å². The van der Waals surface area contributed by atoms with Gasteiger partial charge in [0.2, 0.25) is 0 Å². The van der Waals surface area contributed by atoms with Crippen LogP contribution >= 0.6 is 0 Å². The summed E-state index contributed by atoms with van der Waals surface area (Å²) in [5.74, 6) is 0.538. The van der Waals surface area contributed by atoms with E-state index in [2.05, 4.69) is 74.3 Å². The summed E-state index contributed by atoms with van der Waals surface area (Å²) >= 11 is 0. The summed E-state index contributed by atoms with van der Waals surface area (Å²) in [6.07, 6.45) is 3.03. The molecule has 0 aliphatic carbocycles. The highest BCUT2D eigenvalue weighted by atomic mass is 14.7. The summed E-state index contributed by atoms with van der Waals surface area (Å²) in [7, 11) is 0. The molecule has 3 rings (SSSR count). The molecule has 0 amide bonds. The Kier molecular flexibility index (Phi) is 3.74. The average Bonchev–Trinajstić information content (AvgIpc) is 2.53. The molecule has 106 valence electrons. The van der Waals surface area contributed by atoms with E-state index < -0.39 is 0 Å². The van der Waals surface area contributed by atoms with Crippen LogP contribution in [-0.4, -0.2) is 4.98 Å². The Morgan fingerprint density at radius 2 is 1.71 bits per heavy atom. The lowest BCUT2D eigenvalue weighted by Gasteiger charge is -2.11. The Bertz CT molecular complexity index is 772. The van der Waals surface area contributed by atoms with Gasteiger partial charge >= 0.3 is 0 Å². The normalized spacial score (nSPS) is 11.2. The molecule has 0 aliphatic rings. The number of nitrogens with zero attached hydrogens (tertiary/aromatic N) is 1. The van der Waals surface area contributed by atoms with Gasteiger partial charge in [-0.25, -0.2) is 0 Å². The number of benzene rings is 2. The van der Waals surface area contributed by atoms with Crippen molar-refractivity contribution in [2.45, 2.75) is 33.1 Å². The van der Waals surface area contributed by atoms with Crippen molar-refractivity contribution < 1.29 is 0 Å². The van der Waals surface area contributed by atoms with Crippen LogP contribution in [0.5, 0.6) is 0 Å². The highest BCUT2D eigenvalue weighted by Gasteiger charge is 2.07. The molecule has 3 aromatic rings. The van der Waals surface area contributed by atoms with E-state index in [-0.39, 0.29) is 0 Å². The van der Waals surface area contributed by atoms with Gasteiger partial charge in [0.1, 0.15) is 0 Å². The van der Waals surface area contributed by atoms with E-state index in [1.807, 2.05) is 6.20 Å². The van der Waals surface area contributed by atoms with Gasteiger partial charge in [-0.2, -0.15) is 0 Å². The molecular weight excluding hydrogens is 254 g/mol. The van der Waals surface area contributed by atoms with E-state index in [4.69, 9.17) is 0 Å². The molecular formula is C20H21N. The molecule has 0 saturated heterocycles. The molecule has 0 aliphatic heterocycles. The molecule has 0 spiro atoms. The van der Waals surface area contributed by atoms with Crippen LogP contribution in [0.2, 0.25) is 0 Å². The Morgan fingerprint density at radius 3 is 2.43 bits per heavy atom. The fourth-order valence-electron chi connectivity index (χ4n) is 2.65. The maximum atomic E-state index is 4.65. The summed E-state index contributed by atoms with van der Waals surface area (Å²) in [5.41, 5.74) is 5.06. The predicted molar refractivity (Wildman–Crippen MR) is 90.6 cm³/mol. The Hall–Kier alpha value is -2.15. The van der Waals surface area contributed by atoms with Gasteiger partial charge in [0.15, 0.2) is 0 Å². The standard InChI is InChI=1S/C20H21N/c1-4-15-9-18(14(2)3)11-19(10-15)20-12-16-7-5-6-8-17(16)13-21-20/h5-14H,4H2,1-3H3. The average molecular weight is 275 g/mol. The van der Waals surface area contributed by atoms with E-state index in [1.54, 1.807) is 0 Å². The van der Waals surface area contributed by atoms with Crippen LogP contribution in [0.25, 0.3) is 22.0 Å². The Labute approximate surface area is 126 Å². The molecule has 1 aromatic heterocycles. The molecule has 1 heteroatoms. The van der Waals surface area contributed by atoms with E-state index in [0.29, 0.717) is 5.92 Å². The van der Waals surface area contributed by atoms with Gasteiger partial charge in [0.25, 0.3) is 0 Å². The van der Waals surface area contributed by atoms with Gasteiger partial charge in [-0.15, -0.1) is 0 Å². The lowest BCUT2D eigenvalue weighted by atomic mass is 9.95. The van der Waals surface area contributed by atoms with Crippen molar-refractivity contribution in [3.05, 3.63) is 65.9 Å². The van der Waals surface area contributed by atoms with E-state index in [1.165, 1.54) is 27.5 Å². The monoisotopic (exact) mass is 275 g/mol. The van der Waals surface area contributed by atoms with Crippen LogP contribution < -0.4 is 0 Å². The van der Waals surface area contributed by atoms with Crippen LogP contribution in [-0.2, 0) is 6.42 Å². The molecule has 1 nitrogen and oxygen atoms in total. The zero-order valence-corrected chi connectivity index (χ0v) is 12.9. The molecule has 0 atom stereocenters. The zero-order chi connectivity index (χ0) is 14.8. The summed E-state index contributed by atoms with van der Waals surface area (Å²) in [6, 6.07) is 17.4. The predicted octanol–water partition coefficient (Wildman–Crippen LogP) is 5.59. The minimum atomic E-state index is 0.538. The van der Waals surface area contributed by atoms with Gasteiger partial charge < -0.3 is 0 Å². The second kappa shape index (κ2) is 5.69. The highest BCUT2D eigenvalue weighted by Crippen LogP contribution is 2.27. The van der Waals surface area contributed by atoms with Crippen molar-refractivity contribution in [1.29, 1.82) is 0 Å². The minimum absolute atomic E-state index is 0.538.